The Bertz CT molecular complexity index is 423. The van der Waals surface area contributed by atoms with E-state index in [1.807, 2.05) is 6.92 Å². The molecule has 2 fully saturated rings. The maximum Gasteiger partial charge on any atom is 0.245 e. The van der Waals surface area contributed by atoms with Gasteiger partial charge in [0.25, 0.3) is 0 Å². The topological polar surface area (TPSA) is 84.7 Å². The van der Waals surface area contributed by atoms with Crippen LogP contribution < -0.4 is 11.1 Å². The quantitative estimate of drug-likeness (QED) is 0.687. The molecule has 0 bridgehead atoms. The number of carbonyl (C=O) groups excluding carboxylic acids is 2. The molecule has 0 radical (unpaired) electrons. The van der Waals surface area contributed by atoms with Crippen molar-refractivity contribution in [2.75, 3.05) is 26.3 Å². The summed E-state index contributed by atoms with van der Waals surface area (Å²) in [6.07, 6.45) is 2.22. The van der Waals surface area contributed by atoms with Crippen LogP contribution in [0.5, 0.6) is 0 Å². The maximum absolute atomic E-state index is 12.6. The SMILES string of the molecule is CCCNC(=O)C1COCCN1C(=O)C1(C(N)=S)CC1. The zero-order valence-electron chi connectivity index (χ0n) is 11.7. The number of rotatable bonds is 5. The Balaban J connectivity index is 2.09. The van der Waals surface area contributed by atoms with Gasteiger partial charge in [-0.15, -0.1) is 0 Å². The molecule has 0 aromatic heterocycles. The van der Waals surface area contributed by atoms with Gasteiger partial charge >= 0.3 is 0 Å². The lowest BCUT2D eigenvalue weighted by Gasteiger charge is -2.36. The summed E-state index contributed by atoms with van der Waals surface area (Å²) in [5.41, 5.74) is 4.98. The Morgan fingerprint density at radius 1 is 1.50 bits per heavy atom. The Labute approximate surface area is 124 Å². The van der Waals surface area contributed by atoms with E-state index in [0.29, 0.717) is 32.5 Å². The molecule has 0 aromatic rings. The van der Waals surface area contributed by atoms with E-state index >= 15 is 0 Å². The maximum atomic E-state index is 12.6. The number of ether oxygens (including phenoxy) is 1. The minimum Gasteiger partial charge on any atom is -0.392 e. The molecule has 112 valence electrons. The van der Waals surface area contributed by atoms with Gasteiger partial charge in [-0.1, -0.05) is 19.1 Å². The average molecular weight is 299 g/mol. The van der Waals surface area contributed by atoms with Crippen LogP contribution in [0.15, 0.2) is 0 Å². The smallest absolute Gasteiger partial charge is 0.245 e. The van der Waals surface area contributed by atoms with Crippen LogP contribution in [0.1, 0.15) is 26.2 Å². The Hall–Kier alpha value is -1.21. The van der Waals surface area contributed by atoms with E-state index in [0.717, 1.165) is 6.42 Å². The fraction of sp³-hybridized carbons (Fsp3) is 0.769. The number of morpholine rings is 1. The lowest BCUT2D eigenvalue weighted by Crippen LogP contribution is -2.58. The first-order valence-corrected chi connectivity index (χ1v) is 7.40. The normalized spacial score (nSPS) is 24.1. The molecule has 1 atom stereocenters. The molecule has 1 saturated carbocycles. The number of hydrogen-bond acceptors (Lipinski definition) is 4. The molecule has 1 aliphatic heterocycles. The second-order valence-electron chi connectivity index (χ2n) is 5.33. The van der Waals surface area contributed by atoms with Crippen molar-refractivity contribution in [1.29, 1.82) is 0 Å². The van der Waals surface area contributed by atoms with E-state index in [4.69, 9.17) is 22.7 Å². The molecule has 2 rings (SSSR count). The predicted octanol–water partition coefficient (Wildman–Crippen LogP) is -0.194. The van der Waals surface area contributed by atoms with Crippen LogP contribution >= 0.6 is 12.2 Å². The summed E-state index contributed by atoms with van der Waals surface area (Å²) in [7, 11) is 0. The van der Waals surface area contributed by atoms with Crippen LogP contribution in [-0.2, 0) is 14.3 Å². The van der Waals surface area contributed by atoms with Gasteiger partial charge in [0.1, 0.15) is 6.04 Å². The van der Waals surface area contributed by atoms with Crippen molar-refractivity contribution in [3.63, 3.8) is 0 Å². The third-order valence-electron chi connectivity index (χ3n) is 3.87. The van der Waals surface area contributed by atoms with Gasteiger partial charge in [0.2, 0.25) is 11.8 Å². The molecule has 0 aromatic carbocycles. The average Bonchev–Trinajstić information content (AvgIpc) is 3.25. The lowest BCUT2D eigenvalue weighted by molar-refractivity contribution is -0.150. The third-order valence-corrected chi connectivity index (χ3v) is 4.26. The van der Waals surface area contributed by atoms with E-state index in [1.54, 1.807) is 4.90 Å². The molecule has 7 heteroatoms. The first-order chi connectivity index (χ1) is 9.53. The zero-order valence-corrected chi connectivity index (χ0v) is 12.5. The van der Waals surface area contributed by atoms with Crippen molar-refractivity contribution in [2.45, 2.75) is 32.2 Å². The molecule has 1 aliphatic carbocycles. The van der Waals surface area contributed by atoms with Crippen LogP contribution in [0.4, 0.5) is 0 Å². The number of thiocarbonyl (C=S) groups is 1. The molecule has 1 saturated heterocycles. The highest BCUT2D eigenvalue weighted by molar-refractivity contribution is 7.80. The standard InChI is InChI=1S/C13H21N3O3S/c1-2-5-15-10(17)9-8-19-7-6-16(9)12(18)13(3-4-13)11(14)20/h9H,2-8H2,1H3,(H2,14,20)(H,15,17). The number of hydrogen-bond donors (Lipinski definition) is 2. The molecule has 20 heavy (non-hydrogen) atoms. The molecule has 0 spiro atoms. The van der Waals surface area contributed by atoms with Gasteiger partial charge in [0.15, 0.2) is 0 Å². The van der Waals surface area contributed by atoms with Crippen molar-refractivity contribution in [3.8, 4) is 0 Å². The van der Waals surface area contributed by atoms with Crippen molar-refractivity contribution >= 4 is 29.0 Å². The molecule has 1 unspecified atom stereocenters. The fourth-order valence-corrected chi connectivity index (χ4v) is 2.69. The monoisotopic (exact) mass is 299 g/mol. The van der Waals surface area contributed by atoms with Crippen molar-refractivity contribution < 1.29 is 14.3 Å². The summed E-state index contributed by atoms with van der Waals surface area (Å²) in [5.74, 6) is -0.288. The van der Waals surface area contributed by atoms with Crippen LogP contribution in [0, 0.1) is 5.41 Å². The highest BCUT2D eigenvalue weighted by atomic mass is 32.1. The van der Waals surface area contributed by atoms with Gasteiger partial charge in [-0.3, -0.25) is 9.59 Å². The number of amides is 2. The van der Waals surface area contributed by atoms with Crippen LogP contribution in [0.3, 0.4) is 0 Å². The van der Waals surface area contributed by atoms with Crippen molar-refractivity contribution in [2.24, 2.45) is 11.1 Å². The summed E-state index contributed by atoms with van der Waals surface area (Å²) < 4.78 is 5.34. The number of nitrogens with zero attached hydrogens (tertiary/aromatic N) is 1. The summed E-state index contributed by atoms with van der Waals surface area (Å²) in [6.45, 7) is 3.66. The van der Waals surface area contributed by atoms with Gasteiger partial charge in [0, 0.05) is 13.1 Å². The minimum absolute atomic E-state index is 0.120. The lowest BCUT2D eigenvalue weighted by atomic mass is 10.0. The zero-order chi connectivity index (χ0) is 14.8. The highest BCUT2D eigenvalue weighted by Crippen LogP contribution is 2.48. The summed E-state index contributed by atoms with van der Waals surface area (Å²) >= 11 is 5.01. The van der Waals surface area contributed by atoms with Crippen molar-refractivity contribution in [3.05, 3.63) is 0 Å². The number of nitrogens with one attached hydrogen (secondary N) is 1. The first-order valence-electron chi connectivity index (χ1n) is 6.99. The number of nitrogens with two attached hydrogens (primary N) is 1. The summed E-state index contributed by atoms with van der Waals surface area (Å²) in [4.78, 5) is 26.6. The molecule has 2 aliphatic rings. The second-order valence-corrected chi connectivity index (χ2v) is 5.77. The molecule has 1 heterocycles. The van der Waals surface area contributed by atoms with Crippen LogP contribution in [0.2, 0.25) is 0 Å². The molecular weight excluding hydrogens is 278 g/mol. The third kappa shape index (κ3) is 2.78. The highest BCUT2D eigenvalue weighted by Gasteiger charge is 2.56. The predicted molar refractivity (Wildman–Crippen MR) is 78.1 cm³/mol. The van der Waals surface area contributed by atoms with Crippen molar-refractivity contribution in [1.82, 2.24) is 10.2 Å². The summed E-state index contributed by atoms with van der Waals surface area (Å²) in [6, 6.07) is -0.574. The Kier molecular flexibility index (Phi) is 4.59. The van der Waals surface area contributed by atoms with E-state index in [1.165, 1.54) is 0 Å². The second kappa shape index (κ2) is 6.05. The van der Waals surface area contributed by atoms with Crippen LogP contribution in [0.25, 0.3) is 0 Å². The first kappa shape index (κ1) is 15.2. The summed E-state index contributed by atoms with van der Waals surface area (Å²) in [5, 5.41) is 2.81. The Morgan fingerprint density at radius 2 is 2.20 bits per heavy atom. The molecule has 6 nitrogen and oxygen atoms in total. The molecule has 3 N–H and O–H groups in total. The molecular formula is C13H21N3O3S. The van der Waals surface area contributed by atoms with Gasteiger partial charge in [-0.25, -0.2) is 0 Å². The van der Waals surface area contributed by atoms with Crippen LogP contribution in [-0.4, -0.2) is 54.0 Å². The van der Waals surface area contributed by atoms with Gasteiger partial charge in [-0.2, -0.15) is 0 Å². The van der Waals surface area contributed by atoms with E-state index in [-0.39, 0.29) is 23.4 Å². The largest absolute Gasteiger partial charge is 0.392 e. The molecule has 2 amide bonds. The number of carbonyl (C=O) groups is 2. The van der Waals surface area contributed by atoms with E-state index in [9.17, 15) is 9.59 Å². The minimum atomic E-state index is -0.712. The van der Waals surface area contributed by atoms with E-state index in [2.05, 4.69) is 5.32 Å². The Morgan fingerprint density at radius 3 is 2.75 bits per heavy atom. The van der Waals surface area contributed by atoms with Gasteiger partial charge in [0.05, 0.1) is 23.6 Å². The van der Waals surface area contributed by atoms with Gasteiger partial charge in [-0.05, 0) is 19.3 Å². The van der Waals surface area contributed by atoms with E-state index < -0.39 is 11.5 Å². The fourth-order valence-electron chi connectivity index (χ4n) is 2.40. The van der Waals surface area contributed by atoms with Gasteiger partial charge < -0.3 is 20.7 Å².